The Bertz CT molecular complexity index is 356. The van der Waals surface area contributed by atoms with Crippen molar-refractivity contribution in [3.05, 3.63) is 30.3 Å². The molecule has 5 heteroatoms. The van der Waals surface area contributed by atoms with E-state index in [-0.39, 0.29) is 8.22 Å². The molecule has 0 bridgehead atoms. The number of hydrogen-bond donors (Lipinski definition) is 2. The minimum atomic E-state index is -0.305. The highest BCUT2D eigenvalue weighted by atomic mass is 31.1. The molecule has 0 amide bonds. The van der Waals surface area contributed by atoms with E-state index in [1.807, 2.05) is 0 Å². The Morgan fingerprint density at radius 1 is 0.737 bits per heavy atom. The largest absolute Gasteiger partial charge is 0.314 e. The van der Waals surface area contributed by atoms with Crippen molar-refractivity contribution in [3.8, 4) is 0 Å². The third kappa shape index (κ3) is 3.33. The van der Waals surface area contributed by atoms with Gasteiger partial charge in [0.15, 0.2) is 0 Å². The van der Waals surface area contributed by atoms with E-state index in [1.165, 1.54) is 31.5 Å². The highest BCUT2D eigenvalue weighted by Gasteiger charge is 2.28. The smallest absolute Gasteiger partial charge is 0.0726 e. The van der Waals surface area contributed by atoms with E-state index in [9.17, 15) is 0 Å². The number of rotatable bonds is 3. The maximum Gasteiger partial charge on any atom is 0.0726 e. The number of nitrogens with one attached hydrogen (secondary N) is 2. The van der Waals surface area contributed by atoms with Crippen LogP contribution in [0.25, 0.3) is 0 Å². The Morgan fingerprint density at radius 2 is 1.21 bits per heavy atom. The van der Waals surface area contributed by atoms with Crippen molar-refractivity contribution in [2.24, 2.45) is 0 Å². The zero-order chi connectivity index (χ0) is 12.9. The molecule has 0 unspecified atom stereocenters. The lowest BCUT2D eigenvalue weighted by Crippen LogP contribution is -2.49. The van der Waals surface area contributed by atoms with Gasteiger partial charge in [-0.2, -0.15) is 0 Å². The molecular formula is C14H23N4P. The van der Waals surface area contributed by atoms with Gasteiger partial charge in [0.25, 0.3) is 0 Å². The SMILES string of the molecule is c1ccc(P(N2CCNCC2)N2CCNCC2)cc1. The Morgan fingerprint density at radius 3 is 1.68 bits per heavy atom. The van der Waals surface area contributed by atoms with Gasteiger partial charge in [-0.3, -0.25) is 9.34 Å². The molecule has 0 saturated carbocycles. The highest BCUT2D eigenvalue weighted by molar-refractivity contribution is 7.61. The van der Waals surface area contributed by atoms with Gasteiger partial charge in [-0.25, -0.2) is 0 Å². The second-order valence-electron chi connectivity index (χ2n) is 5.03. The Kier molecular flexibility index (Phi) is 4.81. The number of benzene rings is 1. The molecule has 0 aliphatic carbocycles. The normalized spacial score (nSPS) is 22.8. The monoisotopic (exact) mass is 278 g/mol. The molecule has 4 nitrogen and oxygen atoms in total. The quantitative estimate of drug-likeness (QED) is 0.785. The zero-order valence-corrected chi connectivity index (χ0v) is 12.3. The van der Waals surface area contributed by atoms with Crippen molar-refractivity contribution in [1.82, 2.24) is 20.0 Å². The predicted octanol–water partition coefficient (Wildman–Crippen LogP) is 0.434. The van der Waals surface area contributed by atoms with E-state index < -0.39 is 0 Å². The van der Waals surface area contributed by atoms with E-state index in [0.29, 0.717) is 0 Å². The molecule has 0 radical (unpaired) electrons. The number of nitrogens with zero attached hydrogens (tertiary/aromatic N) is 2. The summed E-state index contributed by atoms with van der Waals surface area (Å²) in [6.45, 7) is 9.18. The third-order valence-electron chi connectivity index (χ3n) is 3.71. The molecule has 1 aromatic rings. The van der Waals surface area contributed by atoms with Crippen LogP contribution in [0.5, 0.6) is 0 Å². The van der Waals surface area contributed by atoms with Gasteiger partial charge in [0.05, 0.1) is 8.22 Å². The summed E-state index contributed by atoms with van der Waals surface area (Å²) in [4.78, 5) is 0. The molecule has 0 aromatic heterocycles. The second kappa shape index (κ2) is 6.78. The van der Waals surface area contributed by atoms with Crippen LogP contribution >= 0.6 is 8.22 Å². The molecule has 2 fully saturated rings. The van der Waals surface area contributed by atoms with Crippen molar-refractivity contribution >= 4 is 13.5 Å². The fourth-order valence-electron chi connectivity index (χ4n) is 2.75. The molecule has 1 aromatic carbocycles. The van der Waals surface area contributed by atoms with Gasteiger partial charge in [-0.15, -0.1) is 0 Å². The minimum absolute atomic E-state index is 0.305. The molecule has 2 aliphatic rings. The van der Waals surface area contributed by atoms with Crippen LogP contribution in [0.1, 0.15) is 0 Å². The van der Waals surface area contributed by atoms with Crippen molar-refractivity contribution in [1.29, 1.82) is 0 Å². The summed E-state index contributed by atoms with van der Waals surface area (Å²) in [5, 5.41) is 8.42. The Balaban J connectivity index is 1.81. The van der Waals surface area contributed by atoms with Crippen LogP contribution in [0.4, 0.5) is 0 Å². The summed E-state index contributed by atoms with van der Waals surface area (Å²) < 4.78 is 5.37. The van der Waals surface area contributed by atoms with E-state index in [1.54, 1.807) is 0 Å². The molecule has 3 rings (SSSR count). The van der Waals surface area contributed by atoms with Crippen LogP contribution in [0.15, 0.2) is 30.3 Å². The van der Waals surface area contributed by atoms with E-state index in [0.717, 1.165) is 26.2 Å². The van der Waals surface area contributed by atoms with Gasteiger partial charge in [0.1, 0.15) is 0 Å². The molecule has 0 spiro atoms. The van der Waals surface area contributed by atoms with Crippen LogP contribution in [0, 0.1) is 0 Å². The number of hydrogen-bond acceptors (Lipinski definition) is 4. The van der Waals surface area contributed by atoms with Crippen molar-refractivity contribution in [3.63, 3.8) is 0 Å². The molecule has 104 valence electrons. The van der Waals surface area contributed by atoms with Crippen molar-refractivity contribution in [2.75, 3.05) is 52.4 Å². The third-order valence-corrected chi connectivity index (χ3v) is 6.34. The number of piperazine rings is 2. The van der Waals surface area contributed by atoms with Crippen molar-refractivity contribution < 1.29 is 0 Å². The highest BCUT2D eigenvalue weighted by Crippen LogP contribution is 2.43. The second-order valence-corrected chi connectivity index (χ2v) is 7.26. The van der Waals surface area contributed by atoms with Gasteiger partial charge in [0.2, 0.25) is 0 Å². The summed E-state index contributed by atoms with van der Waals surface area (Å²) in [5.41, 5.74) is 0. The first-order valence-electron chi connectivity index (χ1n) is 7.21. The molecule has 2 heterocycles. The van der Waals surface area contributed by atoms with Crippen LogP contribution < -0.4 is 15.9 Å². The van der Waals surface area contributed by atoms with Crippen LogP contribution in [-0.4, -0.2) is 61.7 Å². The summed E-state index contributed by atoms with van der Waals surface area (Å²) in [6, 6.07) is 11.1. The lowest BCUT2D eigenvalue weighted by Gasteiger charge is -2.43. The topological polar surface area (TPSA) is 30.5 Å². The standard InChI is InChI=1S/C14H23N4P/c1-2-4-14(5-3-1)19(17-10-6-15-7-11-17)18-12-8-16-9-13-18/h1-5,15-16H,6-13H2. The fourth-order valence-corrected chi connectivity index (χ4v) is 5.36. The molecule has 2 saturated heterocycles. The van der Waals surface area contributed by atoms with E-state index in [2.05, 4.69) is 50.3 Å². The summed E-state index contributed by atoms with van der Waals surface area (Å²) in [5.74, 6) is 0. The van der Waals surface area contributed by atoms with Crippen molar-refractivity contribution in [2.45, 2.75) is 0 Å². The van der Waals surface area contributed by atoms with Crippen LogP contribution in [0.2, 0.25) is 0 Å². The average molecular weight is 278 g/mol. The maximum absolute atomic E-state index is 3.46. The molecular weight excluding hydrogens is 255 g/mol. The van der Waals surface area contributed by atoms with E-state index in [4.69, 9.17) is 0 Å². The van der Waals surface area contributed by atoms with Gasteiger partial charge in [-0.1, -0.05) is 30.3 Å². The molecule has 2 aliphatic heterocycles. The Hall–Kier alpha value is -0.510. The van der Waals surface area contributed by atoms with Gasteiger partial charge in [0, 0.05) is 57.7 Å². The molecule has 0 atom stereocenters. The first-order chi connectivity index (χ1) is 9.45. The van der Waals surface area contributed by atoms with Crippen LogP contribution in [-0.2, 0) is 0 Å². The Labute approximate surface area is 117 Å². The van der Waals surface area contributed by atoms with Crippen LogP contribution in [0.3, 0.4) is 0 Å². The lowest BCUT2D eigenvalue weighted by molar-refractivity contribution is 0.330. The first kappa shape index (κ1) is 13.5. The van der Waals surface area contributed by atoms with Gasteiger partial charge in [-0.05, 0) is 0 Å². The molecule has 2 N–H and O–H groups in total. The summed E-state index contributed by atoms with van der Waals surface area (Å²) in [7, 11) is -0.305. The zero-order valence-electron chi connectivity index (χ0n) is 11.4. The summed E-state index contributed by atoms with van der Waals surface area (Å²) >= 11 is 0. The summed E-state index contributed by atoms with van der Waals surface area (Å²) in [6.07, 6.45) is 0. The first-order valence-corrected chi connectivity index (χ1v) is 8.46. The molecule has 19 heavy (non-hydrogen) atoms. The predicted molar refractivity (Wildman–Crippen MR) is 81.9 cm³/mol. The van der Waals surface area contributed by atoms with Gasteiger partial charge >= 0.3 is 0 Å². The fraction of sp³-hybridized carbons (Fsp3) is 0.571. The minimum Gasteiger partial charge on any atom is -0.314 e. The maximum atomic E-state index is 3.46. The van der Waals surface area contributed by atoms with Gasteiger partial charge < -0.3 is 10.6 Å². The average Bonchev–Trinajstić information content (AvgIpc) is 2.51. The lowest BCUT2D eigenvalue weighted by atomic mass is 10.4. The van der Waals surface area contributed by atoms with E-state index >= 15 is 0 Å².